The minimum absolute atomic E-state index is 0.256. The molecule has 6 heteroatoms. The first kappa shape index (κ1) is 9.02. The summed E-state index contributed by atoms with van der Waals surface area (Å²) in [6.07, 6.45) is -1.09. The Morgan fingerprint density at radius 1 is 1.64 bits per heavy atom. The van der Waals surface area contributed by atoms with Crippen LogP contribution >= 0.6 is 27.3 Å². The summed E-state index contributed by atoms with van der Waals surface area (Å²) < 4.78 is 24.6. The standard InChI is InChI=1S/C5H5BrF2N2S/c6-2-1-10-5(11-2)3(9)4(7)8/h1,3-4H,9H2. The zero-order valence-electron chi connectivity index (χ0n) is 5.30. The average molecular weight is 243 g/mol. The van der Waals surface area contributed by atoms with E-state index in [-0.39, 0.29) is 5.01 Å². The molecule has 0 fully saturated rings. The van der Waals surface area contributed by atoms with Gasteiger partial charge in [-0.25, -0.2) is 13.8 Å². The molecule has 1 aromatic heterocycles. The van der Waals surface area contributed by atoms with Crippen LogP contribution in [0.5, 0.6) is 0 Å². The lowest BCUT2D eigenvalue weighted by Gasteiger charge is -2.04. The van der Waals surface area contributed by atoms with Crippen molar-refractivity contribution in [2.75, 3.05) is 0 Å². The Balaban J connectivity index is 2.76. The lowest BCUT2D eigenvalue weighted by atomic mass is 10.3. The molecule has 0 saturated heterocycles. The Morgan fingerprint density at radius 3 is 2.64 bits per heavy atom. The fourth-order valence-corrected chi connectivity index (χ4v) is 1.78. The highest BCUT2D eigenvalue weighted by Gasteiger charge is 2.20. The van der Waals surface area contributed by atoms with Gasteiger partial charge >= 0.3 is 0 Å². The smallest absolute Gasteiger partial charge is 0.259 e. The van der Waals surface area contributed by atoms with Crippen molar-refractivity contribution in [3.8, 4) is 0 Å². The third-order valence-corrected chi connectivity index (χ3v) is 2.63. The van der Waals surface area contributed by atoms with E-state index in [1.807, 2.05) is 0 Å². The van der Waals surface area contributed by atoms with E-state index in [2.05, 4.69) is 20.9 Å². The molecule has 1 atom stereocenters. The number of alkyl halides is 2. The maximum Gasteiger partial charge on any atom is 0.259 e. The van der Waals surface area contributed by atoms with Gasteiger partial charge in [0.1, 0.15) is 11.0 Å². The van der Waals surface area contributed by atoms with Crippen LogP contribution in [0.15, 0.2) is 9.98 Å². The highest BCUT2D eigenvalue weighted by atomic mass is 79.9. The van der Waals surface area contributed by atoms with E-state index in [9.17, 15) is 8.78 Å². The summed E-state index contributed by atoms with van der Waals surface area (Å²) >= 11 is 4.23. The second-order valence-electron chi connectivity index (χ2n) is 1.86. The zero-order valence-corrected chi connectivity index (χ0v) is 7.70. The van der Waals surface area contributed by atoms with Gasteiger partial charge in [0, 0.05) is 0 Å². The van der Waals surface area contributed by atoms with Crippen LogP contribution in [0.1, 0.15) is 11.0 Å². The van der Waals surface area contributed by atoms with E-state index in [1.165, 1.54) is 6.20 Å². The zero-order chi connectivity index (χ0) is 8.43. The Morgan fingerprint density at radius 2 is 2.27 bits per heavy atom. The molecule has 0 aliphatic carbocycles. The summed E-state index contributed by atoms with van der Waals surface area (Å²) in [6.45, 7) is 0. The average Bonchev–Trinajstić information content (AvgIpc) is 2.34. The summed E-state index contributed by atoms with van der Waals surface area (Å²) in [4.78, 5) is 3.70. The van der Waals surface area contributed by atoms with E-state index in [1.54, 1.807) is 0 Å². The van der Waals surface area contributed by atoms with E-state index >= 15 is 0 Å². The van der Waals surface area contributed by atoms with Gasteiger partial charge in [0.15, 0.2) is 0 Å². The van der Waals surface area contributed by atoms with Crippen LogP contribution in [0.2, 0.25) is 0 Å². The first-order chi connectivity index (χ1) is 5.11. The Labute approximate surface area is 74.6 Å². The number of nitrogens with two attached hydrogens (primary N) is 1. The molecule has 0 spiro atoms. The molecule has 0 bridgehead atoms. The molecule has 1 unspecified atom stereocenters. The van der Waals surface area contributed by atoms with Crippen LogP contribution in [-0.4, -0.2) is 11.4 Å². The number of aromatic nitrogens is 1. The molecule has 11 heavy (non-hydrogen) atoms. The van der Waals surface area contributed by atoms with Crippen LogP contribution in [-0.2, 0) is 0 Å². The second kappa shape index (κ2) is 3.55. The molecule has 2 nitrogen and oxygen atoms in total. The maximum absolute atomic E-state index is 11.9. The molecule has 1 aromatic rings. The van der Waals surface area contributed by atoms with Gasteiger partial charge in [-0.2, -0.15) is 0 Å². The van der Waals surface area contributed by atoms with Gasteiger partial charge in [0.05, 0.1) is 9.98 Å². The molecule has 1 heterocycles. The number of rotatable bonds is 2. The van der Waals surface area contributed by atoms with Gasteiger partial charge < -0.3 is 5.73 Å². The van der Waals surface area contributed by atoms with Gasteiger partial charge in [-0.1, -0.05) is 0 Å². The highest BCUT2D eigenvalue weighted by Crippen LogP contribution is 2.26. The Hall–Kier alpha value is -0.0700. The van der Waals surface area contributed by atoms with Crippen molar-refractivity contribution in [1.29, 1.82) is 0 Å². The van der Waals surface area contributed by atoms with Gasteiger partial charge in [-0.05, 0) is 15.9 Å². The van der Waals surface area contributed by atoms with Crippen LogP contribution in [0.4, 0.5) is 8.78 Å². The molecule has 0 saturated carbocycles. The predicted octanol–water partition coefficient (Wildman–Crippen LogP) is 2.17. The minimum atomic E-state index is -2.55. The van der Waals surface area contributed by atoms with Crippen molar-refractivity contribution in [3.63, 3.8) is 0 Å². The molecular formula is C5H5BrF2N2S. The SMILES string of the molecule is NC(c1ncc(Br)s1)C(F)F. The molecule has 0 aromatic carbocycles. The summed E-state index contributed by atoms with van der Waals surface area (Å²) in [5.41, 5.74) is 5.13. The Kier molecular flexibility index (Phi) is 2.91. The maximum atomic E-state index is 11.9. The van der Waals surface area contributed by atoms with Crippen LogP contribution < -0.4 is 5.73 Å². The Bertz CT molecular complexity index is 240. The van der Waals surface area contributed by atoms with Crippen molar-refractivity contribution in [2.24, 2.45) is 5.73 Å². The lowest BCUT2D eigenvalue weighted by molar-refractivity contribution is 0.116. The fraction of sp³-hybridized carbons (Fsp3) is 0.400. The fourth-order valence-electron chi connectivity index (χ4n) is 0.529. The molecule has 1 rings (SSSR count). The van der Waals surface area contributed by atoms with Crippen molar-refractivity contribution in [2.45, 2.75) is 12.5 Å². The van der Waals surface area contributed by atoms with Gasteiger partial charge in [0.25, 0.3) is 6.43 Å². The minimum Gasteiger partial charge on any atom is -0.317 e. The molecule has 0 aliphatic heterocycles. The van der Waals surface area contributed by atoms with Crippen molar-refractivity contribution in [1.82, 2.24) is 4.98 Å². The molecule has 0 aliphatic rings. The number of nitrogens with zero attached hydrogens (tertiary/aromatic N) is 1. The largest absolute Gasteiger partial charge is 0.317 e. The number of hydrogen-bond donors (Lipinski definition) is 1. The van der Waals surface area contributed by atoms with Crippen molar-refractivity contribution in [3.05, 3.63) is 15.0 Å². The molecule has 62 valence electrons. The van der Waals surface area contributed by atoms with Crippen molar-refractivity contribution >= 4 is 27.3 Å². The summed E-state index contributed by atoms with van der Waals surface area (Å²) in [6, 6.07) is -1.26. The van der Waals surface area contributed by atoms with Gasteiger partial charge in [0.2, 0.25) is 0 Å². The first-order valence-corrected chi connectivity index (χ1v) is 4.37. The molecule has 2 N–H and O–H groups in total. The van der Waals surface area contributed by atoms with Crippen LogP contribution in [0, 0.1) is 0 Å². The summed E-state index contributed by atoms with van der Waals surface area (Å²) in [7, 11) is 0. The number of hydrogen-bond acceptors (Lipinski definition) is 3. The molecule has 0 amide bonds. The molecular weight excluding hydrogens is 238 g/mol. The number of thiazole rings is 1. The van der Waals surface area contributed by atoms with Gasteiger partial charge in [-0.15, -0.1) is 11.3 Å². The first-order valence-electron chi connectivity index (χ1n) is 2.76. The number of halogens is 3. The monoisotopic (exact) mass is 242 g/mol. The van der Waals surface area contributed by atoms with Gasteiger partial charge in [-0.3, -0.25) is 0 Å². The highest BCUT2D eigenvalue weighted by molar-refractivity contribution is 9.11. The van der Waals surface area contributed by atoms with Crippen LogP contribution in [0.3, 0.4) is 0 Å². The predicted molar refractivity (Wildman–Crippen MR) is 42.7 cm³/mol. The molecule has 0 radical (unpaired) electrons. The van der Waals surface area contributed by atoms with E-state index < -0.39 is 12.5 Å². The van der Waals surface area contributed by atoms with E-state index in [4.69, 9.17) is 5.73 Å². The normalized spacial score (nSPS) is 13.9. The lowest BCUT2D eigenvalue weighted by Crippen LogP contribution is -2.18. The third-order valence-electron chi connectivity index (χ3n) is 1.05. The van der Waals surface area contributed by atoms with E-state index in [0.29, 0.717) is 3.79 Å². The summed E-state index contributed by atoms with van der Waals surface area (Å²) in [5.74, 6) is 0. The second-order valence-corrected chi connectivity index (χ2v) is 4.30. The topological polar surface area (TPSA) is 38.9 Å². The third kappa shape index (κ3) is 2.18. The van der Waals surface area contributed by atoms with Crippen LogP contribution in [0.25, 0.3) is 0 Å². The van der Waals surface area contributed by atoms with E-state index in [0.717, 1.165) is 11.3 Å². The van der Waals surface area contributed by atoms with Crippen molar-refractivity contribution < 1.29 is 8.78 Å². The summed E-state index contributed by atoms with van der Waals surface area (Å²) in [5, 5.41) is 0.256. The quantitative estimate of drug-likeness (QED) is 0.864.